The van der Waals surface area contributed by atoms with E-state index in [0.29, 0.717) is 28.0 Å². The van der Waals surface area contributed by atoms with Gasteiger partial charge in [-0.05, 0) is 50.5 Å². The fourth-order valence-electron chi connectivity index (χ4n) is 4.30. The first kappa shape index (κ1) is 22.2. The van der Waals surface area contributed by atoms with Crippen LogP contribution < -0.4 is 5.56 Å². The molecule has 160 valence electrons. The molecule has 1 heterocycles. The Morgan fingerprint density at radius 2 is 1.67 bits per heavy atom. The van der Waals surface area contributed by atoms with Gasteiger partial charge < -0.3 is 0 Å². The molecule has 0 saturated carbocycles. The topological polar surface area (TPSA) is 72.3 Å². The Morgan fingerprint density at radius 3 is 2.23 bits per heavy atom. The van der Waals surface area contributed by atoms with Crippen LogP contribution in [0.15, 0.2) is 46.1 Å². The average Bonchev–Trinajstić information content (AvgIpc) is 2.67. The van der Waals surface area contributed by atoms with E-state index in [2.05, 4.69) is 0 Å². The molecule has 0 aliphatic heterocycles. The predicted molar refractivity (Wildman–Crippen MR) is 120 cm³/mol. The molecule has 0 spiro atoms. The van der Waals surface area contributed by atoms with Crippen molar-refractivity contribution in [2.75, 3.05) is 6.54 Å². The second-order valence-corrected chi connectivity index (χ2v) is 9.54. The molecular weight excluding hydrogens is 398 g/mol. The molecule has 0 radical (unpaired) electrons. The van der Waals surface area contributed by atoms with E-state index in [4.69, 9.17) is 4.98 Å². The lowest BCUT2D eigenvalue weighted by Gasteiger charge is -2.31. The van der Waals surface area contributed by atoms with Gasteiger partial charge in [0.05, 0.1) is 21.8 Å². The largest absolute Gasteiger partial charge is 0.298 e. The zero-order valence-corrected chi connectivity index (χ0v) is 19.2. The summed E-state index contributed by atoms with van der Waals surface area (Å²) < 4.78 is 30.5. The number of fused-ring (bicyclic) bond motifs is 1. The fourth-order valence-corrected chi connectivity index (χ4v) is 6.38. The number of aryl methyl sites for hydroxylation is 3. The monoisotopic (exact) mass is 427 g/mol. The Bertz CT molecular complexity index is 1240. The van der Waals surface area contributed by atoms with E-state index in [1.165, 1.54) is 8.87 Å². The van der Waals surface area contributed by atoms with Crippen molar-refractivity contribution < 1.29 is 8.42 Å². The van der Waals surface area contributed by atoms with Gasteiger partial charge in [0, 0.05) is 13.6 Å². The van der Waals surface area contributed by atoms with Crippen LogP contribution in [0, 0.1) is 20.8 Å². The standard InChI is InChI=1S/C23H29N3O3S/c1-7-20(22-24-19-12-10-9-11-18(19)23(27)25(22)6)26(8-2)30(28,29)21-16(4)13-15(3)14-17(21)5/h9-14,20H,7-8H2,1-6H3. The summed E-state index contributed by atoms with van der Waals surface area (Å²) in [5.74, 6) is 0.453. The van der Waals surface area contributed by atoms with Crippen molar-refractivity contribution >= 4 is 20.9 Å². The highest BCUT2D eigenvalue weighted by Crippen LogP contribution is 2.32. The van der Waals surface area contributed by atoms with Crippen LogP contribution >= 0.6 is 0 Å². The molecule has 0 bridgehead atoms. The van der Waals surface area contributed by atoms with Crippen LogP contribution in [0.1, 0.15) is 48.8 Å². The number of para-hydroxylation sites is 1. The van der Waals surface area contributed by atoms with Gasteiger partial charge in [-0.25, -0.2) is 13.4 Å². The van der Waals surface area contributed by atoms with Crippen LogP contribution in [0.5, 0.6) is 0 Å². The van der Waals surface area contributed by atoms with Gasteiger partial charge in [-0.15, -0.1) is 0 Å². The summed E-state index contributed by atoms with van der Waals surface area (Å²) in [7, 11) is -2.14. The quantitative estimate of drug-likeness (QED) is 0.596. The van der Waals surface area contributed by atoms with Crippen molar-refractivity contribution in [1.82, 2.24) is 13.9 Å². The number of benzene rings is 2. The molecule has 7 heteroatoms. The van der Waals surface area contributed by atoms with E-state index in [9.17, 15) is 13.2 Å². The second-order valence-electron chi connectivity index (χ2n) is 7.71. The summed E-state index contributed by atoms with van der Waals surface area (Å²) in [4.78, 5) is 17.9. The summed E-state index contributed by atoms with van der Waals surface area (Å²) in [5.41, 5.74) is 2.87. The Labute approximate surface area is 178 Å². The maximum Gasteiger partial charge on any atom is 0.261 e. The van der Waals surface area contributed by atoms with Crippen molar-refractivity contribution in [2.24, 2.45) is 7.05 Å². The normalized spacial score (nSPS) is 13.2. The van der Waals surface area contributed by atoms with Gasteiger partial charge in [0.15, 0.2) is 0 Å². The molecule has 1 atom stereocenters. The Kier molecular flexibility index (Phi) is 6.15. The van der Waals surface area contributed by atoms with Crippen molar-refractivity contribution in [2.45, 2.75) is 52.0 Å². The van der Waals surface area contributed by atoms with E-state index in [1.54, 1.807) is 25.2 Å². The van der Waals surface area contributed by atoms with Gasteiger partial charge in [0.25, 0.3) is 5.56 Å². The number of nitrogens with zero attached hydrogens (tertiary/aromatic N) is 3. The summed E-state index contributed by atoms with van der Waals surface area (Å²) >= 11 is 0. The number of sulfonamides is 1. The van der Waals surface area contributed by atoms with Crippen molar-refractivity contribution in [3.8, 4) is 0 Å². The van der Waals surface area contributed by atoms with Gasteiger partial charge in [-0.1, -0.05) is 43.7 Å². The van der Waals surface area contributed by atoms with E-state index in [1.807, 2.05) is 52.8 Å². The van der Waals surface area contributed by atoms with Gasteiger partial charge in [-0.2, -0.15) is 4.31 Å². The number of aromatic nitrogens is 2. The smallest absolute Gasteiger partial charge is 0.261 e. The molecule has 0 saturated heterocycles. The highest BCUT2D eigenvalue weighted by Gasteiger charge is 2.34. The molecule has 1 unspecified atom stereocenters. The molecule has 3 rings (SSSR count). The minimum absolute atomic E-state index is 0.176. The van der Waals surface area contributed by atoms with Crippen LogP contribution in [-0.4, -0.2) is 28.8 Å². The fraction of sp³-hybridized carbons (Fsp3) is 0.391. The molecule has 2 aromatic carbocycles. The molecule has 0 amide bonds. The molecular formula is C23H29N3O3S. The number of hydrogen-bond donors (Lipinski definition) is 0. The van der Waals surface area contributed by atoms with Crippen molar-refractivity contribution in [1.29, 1.82) is 0 Å². The average molecular weight is 428 g/mol. The Hall–Kier alpha value is -2.51. The van der Waals surface area contributed by atoms with Gasteiger partial charge in [0.1, 0.15) is 5.82 Å². The molecule has 0 N–H and O–H groups in total. The number of rotatable bonds is 6. The molecule has 1 aromatic heterocycles. The van der Waals surface area contributed by atoms with E-state index in [0.717, 1.165) is 16.7 Å². The first-order chi connectivity index (χ1) is 14.1. The third-order valence-electron chi connectivity index (χ3n) is 5.53. The van der Waals surface area contributed by atoms with E-state index in [-0.39, 0.29) is 12.1 Å². The minimum Gasteiger partial charge on any atom is -0.298 e. The lowest BCUT2D eigenvalue weighted by molar-refractivity contribution is 0.309. The highest BCUT2D eigenvalue weighted by atomic mass is 32.2. The third-order valence-corrected chi connectivity index (χ3v) is 7.82. The minimum atomic E-state index is -3.79. The van der Waals surface area contributed by atoms with Crippen molar-refractivity contribution in [3.05, 3.63) is 69.3 Å². The summed E-state index contributed by atoms with van der Waals surface area (Å²) in [6.45, 7) is 9.61. The zero-order valence-electron chi connectivity index (χ0n) is 18.4. The first-order valence-corrected chi connectivity index (χ1v) is 11.6. The summed E-state index contributed by atoms with van der Waals surface area (Å²) in [6, 6.07) is 10.4. The zero-order chi connectivity index (χ0) is 22.2. The summed E-state index contributed by atoms with van der Waals surface area (Å²) in [6.07, 6.45) is 0.496. The molecule has 30 heavy (non-hydrogen) atoms. The van der Waals surface area contributed by atoms with Crippen LogP contribution in [0.25, 0.3) is 10.9 Å². The lowest BCUT2D eigenvalue weighted by Crippen LogP contribution is -2.38. The molecule has 3 aromatic rings. The molecule has 6 nitrogen and oxygen atoms in total. The van der Waals surface area contributed by atoms with Crippen LogP contribution in [0.3, 0.4) is 0 Å². The van der Waals surface area contributed by atoms with Crippen LogP contribution in [-0.2, 0) is 17.1 Å². The SMILES string of the molecule is CCC(c1nc2ccccc2c(=O)n1C)N(CC)S(=O)(=O)c1c(C)cc(C)cc1C. The van der Waals surface area contributed by atoms with Crippen LogP contribution in [0.4, 0.5) is 0 Å². The lowest BCUT2D eigenvalue weighted by atomic mass is 10.1. The second kappa shape index (κ2) is 8.32. The molecule has 0 aliphatic carbocycles. The Balaban J connectivity index is 2.22. The predicted octanol–water partition coefficient (Wildman–Crippen LogP) is 4.02. The van der Waals surface area contributed by atoms with Crippen molar-refractivity contribution in [3.63, 3.8) is 0 Å². The Morgan fingerprint density at radius 1 is 1.07 bits per heavy atom. The maximum absolute atomic E-state index is 13.8. The van der Waals surface area contributed by atoms with Gasteiger partial charge >= 0.3 is 0 Å². The van der Waals surface area contributed by atoms with Gasteiger partial charge in [-0.3, -0.25) is 9.36 Å². The van der Waals surface area contributed by atoms with Crippen LogP contribution in [0.2, 0.25) is 0 Å². The third kappa shape index (κ3) is 3.68. The molecule has 0 fully saturated rings. The highest BCUT2D eigenvalue weighted by molar-refractivity contribution is 7.89. The first-order valence-electron chi connectivity index (χ1n) is 10.2. The number of hydrogen-bond acceptors (Lipinski definition) is 4. The van der Waals surface area contributed by atoms with E-state index < -0.39 is 16.1 Å². The molecule has 0 aliphatic rings. The maximum atomic E-state index is 13.8. The van der Waals surface area contributed by atoms with Gasteiger partial charge in [0.2, 0.25) is 10.0 Å². The van der Waals surface area contributed by atoms with E-state index >= 15 is 0 Å². The summed E-state index contributed by atoms with van der Waals surface area (Å²) in [5, 5.41) is 0.523.